The molecule has 1 saturated heterocycles. The van der Waals surface area contributed by atoms with Crippen molar-refractivity contribution in [3.05, 3.63) is 17.4 Å². The first-order valence-corrected chi connectivity index (χ1v) is 9.81. The second kappa shape index (κ2) is 7.23. The van der Waals surface area contributed by atoms with E-state index < -0.39 is 27.6 Å². The van der Waals surface area contributed by atoms with Gasteiger partial charge in [0.25, 0.3) is 0 Å². The molecule has 0 aliphatic carbocycles. The molecule has 24 heavy (non-hydrogen) atoms. The lowest BCUT2D eigenvalue weighted by molar-refractivity contribution is 0.0124. The molecule has 1 aliphatic heterocycles. The minimum absolute atomic E-state index is 0.228. The standard InChI is InChI=1S/C15H22ClN3O4S/c1-15(2,3)23-14(20)19-7-5-4-6-12(19)10-24(21,22)13-17-8-11(16)9-18-13/h8-9,12H,4-7,10H2,1-3H3/t12-/m0/s1. The predicted molar refractivity (Wildman–Crippen MR) is 89.7 cm³/mol. The highest BCUT2D eigenvalue weighted by molar-refractivity contribution is 7.91. The number of likely N-dealkylation sites (tertiary alicyclic amines) is 1. The van der Waals surface area contributed by atoms with Crippen LogP contribution in [0.2, 0.25) is 5.02 Å². The van der Waals surface area contributed by atoms with Crippen molar-refractivity contribution < 1.29 is 17.9 Å². The van der Waals surface area contributed by atoms with E-state index in [9.17, 15) is 13.2 Å². The molecule has 1 fully saturated rings. The van der Waals surface area contributed by atoms with Crippen LogP contribution in [0.25, 0.3) is 0 Å². The number of hydrogen-bond donors (Lipinski definition) is 0. The van der Waals surface area contributed by atoms with E-state index in [1.807, 2.05) is 0 Å². The number of rotatable bonds is 3. The van der Waals surface area contributed by atoms with Crippen molar-refractivity contribution in [3.63, 3.8) is 0 Å². The smallest absolute Gasteiger partial charge is 0.410 e. The monoisotopic (exact) mass is 375 g/mol. The Balaban J connectivity index is 2.15. The molecule has 7 nitrogen and oxygen atoms in total. The highest BCUT2D eigenvalue weighted by Crippen LogP contribution is 2.23. The number of nitrogens with zero attached hydrogens (tertiary/aromatic N) is 3. The number of ether oxygens (including phenoxy) is 1. The zero-order valence-corrected chi connectivity index (χ0v) is 15.6. The first-order valence-electron chi connectivity index (χ1n) is 7.78. The quantitative estimate of drug-likeness (QED) is 0.754. The fourth-order valence-corrected chi connectivity index (χ4v) is 4.05. The Bertz CT molecular complexity index is 686. The molecule has 1 aliphatic rings. The van der Waals surface area contributed by atoms with E-state index in [4.69, 9.17) is 16.3 Å². The van der Waals surface area contributed by atoms with Crippen LogP contribution in [-0.4, -0.2) is 53.3 Å². The van der Waals surface area contributed by atoms with Crippen LogP contribution in [0.1, 0.15) is 40.0 Å². The maximum atomic E-state index is 12.5. The summed E-state index contributed by atoms with van der Waals surface area (Å²) in [6.07, 6.45) is 4.29. The summed E-state index contributed by atoms with van der Waals surface area (Å²) in [5, 5.41) is -0.0105. The minimum Gasteiger partial charge on any atom is -0.444 e. The topological polar surface area (TPSA) is 89.5 Å². The van der Waals surface area contributed by atoms with Gasteiger partial charge >= 0.3 is 6.09 Å². The van der Waals surface area contributed by atoms with Crippen molar-refractivity contribution >= 4 is 27.5 Å². The van der Waals surface area contributed by atoms with Crippen LogP contribution in [-0.2, 0) is 14.6 Å². The number of sulfone groups is 1. The van der Waals surface area contributed by atoms with Gasteiger partial charge in [-0.15, -0.1) is 0 Å². The van der Waals surface area contributed by atoms with Crippen molar-refractivity contribution in [1.29, 1.82) is 0 Å². The van der Waals surface area contributed by atoms with Crippen LogP contribution in [0.4, 0.5) is 4.79 Å². The second-order valence-corrected chi connectivity index (χ2v) is 9.15. The van der Waals surface area contributed by atoms with Crippen molar-refractivity contribution in [2.45, 2.75) is 56.8 Å². The Morgan fingerprint density at radius 3 is 2.54 bits per heavy atom. The van der Waals surface area contributed by atoms with Crippen LogP contribution >= 0.6 is 11.6 Å². The molecular weight excluding hydrogens is 354 g/mol. The van der Waals surface area contributed by atoms with Crippen molar-refractivity contribution in [2.24, 2.45) is 0 Å². The van der Waals surface area contributed by atoms with Gasteiger partial charge in [-0.2, -0.15) is 0 Å². The fraction of sp³-hybridized carbons (Fsp3) is 0.667. The zero-order valence-electron chi connectivity index (χ0n) is 14.0. The molecule has 1 atom stereocenters. The summed E-state index contributed by atoms with van der Waals surface area (Å²) >= 11 is 5.69. The summed E-state index contributed by atoms with van der Waals surface area (Å²) in [6.45, 7) is 5.82. The van der Waals surface area contributed by atoms with Crippen LogP contribution < -0.4 is 0 Å². The lowest BCUT2D eigenvalue weighted by Gasteiger charge is -2.36. The van der Waals surface area contributed by atoms with Crippen LogP contribution in [0.3, 0.4) is 0 Å². The largest absolute Gasteiger partial charge is 0.444 e. The Morgan fingerprint density at radius 2 is 1.96 bits per heavy atom. The molecule has 9 heteroatoms. The maximum absolute atomic E-state index is 12.5. The first-order chi connectivity index (χ1) is 11.1. The molecule has 0 unspecified atom stereocenters. The molecule has 134 valence electrons. The molecule has 1 aromatic rings. The lowest BCUT2D eigenvalue weighted by Crippen LogP contribution is -2.49. The summed E-state index contributed by atoms with van der Waals surface area (Å²) < 4.78 is 30.4. The summed E-state index contributed by atoms with van der Waals surface area (Å²) in [4.78, 5) is 21.4. The van der Waals surface area contributed by atoms with Crippen molar-refractivity contribution in [3.8, 4) is 0 Å². The Morgan fingerprint density at radius 1 is 1.33 bits per heavy atom. The Hall–Kier alpha value is -1.41. The number of hydrogen-bond acceptors (Lipinski definition) is 6. The van der Waals surface area contributed by atoms with E-state index in [2.05, 4.69) is 9.97 Å². The fourth-order valence-electron chi connectivity index (χ4n) is 2.52. The molecule has 2 heterocycles. The first kappa shape index (κ1) is 18.9. The van der Waals surface area contributed by atoms with Gasteiger partial charge in [0.15, 0.2) is 0 Å². The van der Waals surface area contributed by atoms with Crippen LogP contribution in [0.5, 0.6) is 0 Å². The van der Waals surface area contributed by atoms with Gasteiger partial charge in [-0.05, 0) is 40.0 Å². The average molecular weight is 376 g/mol. The highest BCUT2D eigenvalue weighted by atomic mass is 35.5. The van der Waals surface area contributed by atoms with Gasteiger partial charge in [0.2, 0.25) is 15.0 Å². The molecule has 1 amide bonds. The van der Waals surface area contributed by atoms with Gasteiger partial charge < -0.3 is 9.64 Å². The van der Waals surface area contributed by atoms with E-state index >= 15 is 0 Å². The minimum atomic E-state index is -3.72. The molecule has 0 spiro atoms. The van der Waals surface area contributed by atoms with E-state index in [1.54, 1.807) is 20.8 Å². The van der Waals surface area contributed by atoms with Gasteiger partial charge in [0, 0.05) is 12.6 Å². The van der Waals surface area contributed by atoms with Gasteiger partial charge in [-0.25, -0.2) is 23.2 Å². The Labute approximate surface area is 147 Å². The Kier molecular flexibility index (Phi) is 5.70. The molecule has 0 radical (unpaired) electrons. The average Bonchev–Trinajstić information content (AvgIpc) is 2.46. The van der Waals surface area contributed by atoms with Gasteiger partial charge in [-0.1, -0.05) is 11.6 Å². The third-order valence-electron chi connectivity index (χ3n) is 3.54. The maximum Gasteiger partial charge on any atom is 0.410 e. The highest BCUT2D eigenvalue weighted by Gasteiger charge is 2.34. The summed E-state index contributed by atoms with van der Waals surface area (Å²) in [5.41, 5.74) is -0.628. The van der Waals surface area contributed by atoms with E-state index in [0.717, 1.165) is 12.8 Å². The number of piperidine rings is 1. The summed E-state index contributed by atoms with van der Waals surface area (Å²) in [6, 6.07) is -0.446. The summed E-state index contributed by atoms with van der Waals surface area (Å²) in [7, 11) is -3.72. The molecule has 0 saturated carbocycles. The third kappa shape index (κ3) is 5.04. The number of carbonyl (C=O) groups excluding carboxylic acids is 1. The summed E-state index contributed by atoms with van der Waals surface area (Å²) in [5.74, 6) is -0.228. The predicted octanol–water partition coefficient (Wildman–Crippen LogP) is 2.69. The molecule has 0 bridgehead atoms. The number of amides is 1. The molecule has 1 aromatic heterocycles. The van der Waals surface area contributed by atoms with Crippen LogP contribution in [0, 0.1) is 0 Å². The molecule has 2 rings (SSSR count). The van der Waals surface area contributed by atoms with Crippen molar-refractivity contribution in [1.82, 2.24) is 14.9 Å². The van der Waals surface area contributed by atoms with Crippen molar-refractivity contribution in [2.75, 3.05) is 12.3 Å². The SMILES string of the molecule is CC(C)(C)OC(=O)N1CCCC[C@H]1CS(=O)(=O)c1ncc(Cl)cn1. The number of carbonyl (C=O) groups is 1. The molecule has 0 aromatic carbocycles. The zero-order chi connectivity index (χ0) is 18.0. The van der Waals surface area contributed by atoms with Gasteiger partial charge in [0.1, 0.15) is 5.60 Å². The van der Waals surface area contributed by atoms with E-state index in [0.29, 0.717) is 13.0 Å². The molecular formula is C15H22ClN3O4S. The number of halogens is 1. The van der Waals surface area contributed by atoms with E-state index in [1.165, 1.54) is 17.3 Å². The second-order valence-electron chi connectivity index (χ2n) is 6.79. The van der Waals surface area contributed by atoms with Crippen LogP contribution in [0.15, 0.2) is 17.6 Å². The normalized spacial score (nSPS) is 19.2. The third-order valence-corrected chi connectivity index (χ3v) is 5.33. The van der Waals surface area contributed by atoms with E-state index in [-0.39, 0.29) is 15.9 Å². The lowest BCUT2D eigenvalue weighted by atomic mass is 10.0. The number of aromatic nitrogens is 2. The van der Waals surface area contributed by atoms with Gasteiger partial charge in [0.05, 0.1) is 23.2 Å². The van der Waals surface area contributed by atoms with Gasteiger partial charge in [-0.3, -0.25) is 0 Å². The molecule has 0 N–H and O–H groups in total.